The molecule has 7 heteroatoms. The molecule has 270 valence electrons. The van der Waals surface area contributed by atoms with E-state index in [1.165, 1.54) is 10.8 Å². The van der Waals surface area contributed by atoms with Crippen molar-refractivity contribution in [2.24, 2.45) is 0 Å². The van der Waals surface area contributed by atoms with Gasteiger partial charge in [-0.15, -0.1) is 0 Å². The Balaban J connectivity index is 1.13. The predicted octanol–water partition coefficient (Wildman–Crippen LogP) is 13.2. The Bertz CT molecular complexity index is 3680. The molecule has 0 atom stereocenters. The fourth-order valence-electron chi connectivity index (χ4n) is 9.02. The van der Waals surface area contributed by atoms with Crippen LogP contribution in [0.4, 0.5) is 0 Å². The second-order valence-corrected chi connectivity index (χ2v) is 14.8. The highest BCUT2D eigenvalue weighted by Crippen LogP contribution is 2.42. The van der Waals surface area contributed by atoms with Crippen molar-refractivity contribution in [2.45, 2.75) is 0 Å². The van der Waals surface area contributed by atoms with Crippen molar-refractivity contribution in [3.8, 4) is 34.4 Å². The van der Waals surface area contributed by atoms with E-state index in [0.717, 1.165) is 93.5 Å². The molecule has 0 unspecified atom stereocenters. The first-order valence-electron chi connectivity index (χ1n) is 19.4. The summed E-state index contributed by atoms with van der Waals surface area (Å²) >= 11 is 0. The average Bonchev–Trinajstić information content (AvgIpc) is 4.03. The summed E-state index contributed by atoms with van der Waals surface area (Å²) in [6, 6.07) is 60.9. The van der Waals surface area contributed by atoms with Crippen LogP contribution in [0.15, 0.2) is 185 Å². The molecule has 8 aromatic carbocycles. The molecule has 5 heterocycles. The van der Waals surface area contributed by atoms with Gasteiger partial charge < -0.3 is 13.4 Å². The zero-order chi connectivity index (χ0) is 37.9. The van der Waals surface area contributed by atoms with Gasteiger partial charge in [-0.2, -0.15) is 9.97 Å². The highest BCUT2D eigenvalue weighted by Gasteiger charge is 2.23. The van der Waals surface area contributed by atoms with Crippen LogP contribution < -0.4 is 0 Å². The molecular formula is C51H29N5O2. The van der Waals surface area contributed by atoms with Gasteiger partial charge in [0.2, 0.25) is 5.95 Å². The highest BCUT2D eigenvalue weighted by molar-refractivity contribution is 6.26. The van der Waals surface area contributed by atoms with Crippen molar-refractivity contribution in [2.75, 3.05) is 0 Å². The Hall–Kier alpha value is -8.03. The monoisotopic (exact) mass is 743 g/mol. The van der Waals surface area contributed by atoms with E-state index < -0.39 is 0 Å². The quantitative estimate of drug-likeness (QED) is 0.179. The summed E-state index contributed by atoms with van der Waals surface area (Å²) in [6.07, 6.45) is 0. The molecule has 0 radical (unpaired) electrons. The first-order valence-corrected chi connectivity index (χ1v) is 19.4. The van der Waals surface area contributed by atoms with E-state index >= 15 is 0 Å². The third-order valence-corrected chi connectivity index (χ3v) is 11.6. The fourth-order valence-corrected chi connectivity index (χ4v) is 9.02. The predicted molar refractivity (Wildman–Crippen MR) is 234 cm³/mol. The zero-order valence-corrected chi connectivity index (χ0v) is 30.8. The molecule has 58 heavy (non-hydrogen) atoms. The standard InChI is InChI=1S/C51H29N5O2/c1-2-12-32(13-3-1)55-40-18-8-4-14-33(40)36-24-25-42-47(48(36)55)37-17-5-9-19-41(37)56(42)51-53-49(30-22-26-45-38(28-30)34-15-6-10-20-43(34)57-45)52-50(54-51)31-23-27-46-39(29-31)35-16-7-11-21-44(35)58-46/h1-29H. The van der Waals surface area contributed by atoms with Gasteiger partial charge >= 0.3 is 0 Å². The molecule has 7 nitrogen and oxygen atoms in total. The lowest BCUT2D eigenvalue weighted by atomic mass is 10.1. The van der Waals surface area contributed by atoms with E-state index in [-0.39, 0.29) is 0 Å². The number of aromatic nitrogens is 5. The van der Waals surface area contributed by atoms with E-state index in [1.807, 2.05) is 60.7 Å². The molecule has 0 N–H and O–H groups in total. The summed E-state index contributed by atoms with van der Waals surface area (Å²) in [6.45, 7) is 0. The maximum Gasteiger partial charge on any atom is 0.238 e. The van der Waals surface area contributed by atoms with E-state index in [0.29, 0.717) is 17.6 Å². The smallest absolute Gasteiger partial charge is 0.238 e. The van der Waals surface area contributed by atoms with Crippen molar-refractivity contribution >= 4 is 87.5 Å². The average molecular weight is 744 g/mol. The topological polar surface area (TPSA) is 74.8 Å². The third kappa shape index (κ3) is 4.41. The van der Waals surface area contributed by atoms with Crippen LogP contribution >= 0.6 is 0 Å². The summed E-state index contributed by atoms with van der Waals surface area (Å²) in [5.74, 6) is 1.66. The molecule has 0 spiro atoms. The lowest BCUT2D eigenvalue weighted by molar-refractivity contribution is 0.668. The van der Waals surface area contributed by atoms with Crippen molar-refractivity contribution in [1.82, 2.24) is 24.1 Å². The van der Waals surface area contributed by atoms with Crippen LogP contribution in [0.25, 0.3) is 122 Å². The maximum atomic E-state index is 6.21. The van der Waals surface area contributed by atoms with Crippen molar-refractivity contribution < 1.29 is 8.83 Å². The minimum Gasteiger partial charge on any atom is -0.456 e. The Morgan fingerprint density at radius 3 is 1.50 bits per heavy atom. The Kier molecular flexibility index (Phi) is 6.32. The summed E-state index contributed by atoms with van der Waals surface area (Å²) in [7, 11) is 0. The minimum atomic E-state index is 0.530. The molecule has 13 rings (SSSR count). The van der Waals surface area contributed by atoms with Crippen molar-refractivity contribution in [3.63, 3.8) is 0 Å². The molecule has 13 aromatic rings. The third-order valence-electron chi connectivity index (χ3n) is 11.6. The Morgan fingerprint density at radius 2 is 0.862 bits per heavy atom. The fraction of sp³-hybridized carbons (Fsp3) is 0. The number of hydrogen-bond donors (Lipinski definition) is 0. The molecule has 0 saturated heterocycles. The second-order valence-electron chi connectivity index (χ2n) is 14.8. The normalized spacial score (nSPS) is 12.1. The molecule has 0 aliphatic heterocycles. The molecule has 0 amide bonds. The number of rotatable bonds is 4. The zero-order valence-electron chi connectivity index (χ0n) is 30.8. The molecule has 0 aliphatic carbocycles. The molecule has 0 aliphatic rings. The van der Waals surface area contributed by atoms with Gasteiger partial charge in [0.15, 0.2) is 11.6 Å². The van der Waals surface area contributed by atoms with Crippen LogP contribution in [0.5, 0.6) is 0 Å². The van der Waals surface area contributed by atoms with E-state index in [4.69, 9.17) is 23.8 Å². The molecular weight excluding hydrogens is 715 g/mol. The number of para-hydroxylation sites is 5. The first kappa shape index (κ1) is 31.2. The second kappa shape index (κ2) is 11.7. The van der Waals surface area contributed by atoms with Crippen LogP contribution in [-0.2, 0) is 0 Å². The van der Waals surface area contributed by atoms with E-state index in [1.54, 1.807) is 0 Å². The lowest BCUT2D eigenvalue weighted by Gasteiger charge is -2.11. The van der Waals surface area contributed by atoms with E-state index in [9.17, 15) is 0 Å². The molecule has 0 saturated carbocycles. The Morgan fingerprint density at radius 1 is 0.345 bits per heavy atom. The maximum absolute atomic E-state index is 6.21. The van der Waals surface area contributed by atoms with Gasteiger partial charge in [0.25, 0.3) is 0 Å². The number of fused-ring (bicyclic) bond motifs is 13. The number of benzene rings is 8. The Labute approximate surface area is 329 Å². The largest absolute Gasteiger partial charge is 0.456 e. The molecule has 0 fully saturated rings. The number of nitrogens with zero attached hydrogens (tertiary/aromatic N) is 5. The summed E-state index contributed by atoms with van der Waals surface area (Å²) < 4.78 is 17.0. The van der Waals surface area contributed by atoms with Gasteiger partial charge in [-0.25, -0.2) is 4.98 Å². The van der Waals surface area contributed by atoms with Crippen molar-refractivity contribution in [1.29, 1.82) is 0 Å². The van der Waals surface area contributed by atoms with Crippen LogP contribution in [0.3, 0.4) is 0 Å². The van der Waals surface area contributed by atoms with Crippen LogP contribution in [0, 0.1) is 0 Å². The SMILES string of the molecule is c1ccc(-n2c3ccccc3c3ccc4c(c5ccccc5n4-c4nc(-c5ccc6oc7ccccc7c6c5)nc(-c5ccc6oc7ccccc7c6c5)n4)c32)cc1. The van der Waals surface area contributed by atoms with Crippen molar-refractivity contribution in [3.05, 3.63) is 176 Å². The van der Waals surface area contributed by atoms with Crippen LogP contribution in [0.2, 0.25) is 0 Å². The van der Waals surface area contributed by atoms with Gasteiger partial charge in [0.05, 0.1) is 22.1 Å². The van der Waals surface area contributed by atoms with Gasteiger partial charge in [-0.3, -0.25) is 4.57 Å². The molecule has 0 bridgehead atoms. The lowest BCUT2D eigenvalue weighted by Crippen LogP contribution is -2.06. The summed E-state index contributed by atoms with van der Waals surface area (Å²) in [5.41, 5.74) is 10.5. The van der Waals surface area contributed by atoms with Gasteiger partial charge in [0, 0.05) is 59.9 Å². The van der Waals surface area contributed by atoms with Gasteiger partial charge in [-0.05, 0) is 78.9 Å². The van der Waals surface area contributed by atoms with Gasteiger partial charge in [0.1, 0.15) is 22.3 Å². The molecule has 5 aromatic heterocycles. The summed E-state index contributed by atoms with van der Waals surface area (Å²) in [5, 5.41) is 8.75. The minimum absolute atomic E-state index is 0.530. The van der Waals surface area contributed by atoms with Gasteiger partial charge in [-0.1, -0.05) is 97.1 Å². The van der Waals surface area contributed by atoms with E-state index in [2.05, 4.69) is 124 Å². The first-order chi connectivity index (χ1) is 28.7. The van der Waals surface area contributed by atoms with Crippen LogP contribution in [-0.4, -0.2) is 24.1 Å². The number of hydrogen-bond acceptors (Lipinski definition) is 5. The summed E-state index contributed by atoms with van der Waals surface area (Å²) in [4.78, 5) is 15.9. The number of furan rings is 2. The van der Waals surface area contributed by atoms with Crippen LogP contribution in [0.1, 0.15) is 0 Å². The highest BCUT2D eigenvalue weighted by atomic mass is 16.3.